The number of amides is 1. The highest BCUT2D eigenvalue weighted by Crippen LogP contribution is 2.33. The fourth-order valence-corrected chi connectivity index (χ4v) is 3.01. The molecule has 1 amide bonds. The molecule has 1 atom stereocenters. The predicted octanol–water partition coefficient (Wildman–Crippen LogP) is 3.81. The van der Waals surface area contributed by atoms with Gasteiger partial charge in [0.1, 0.15) is 0 Å². The summed E-state index contributed by atoms with van der Waals surface area (Å²) in [6.07, 6.45) is 3.53. The van der Waals surface area contributed by atoms with Crippen LogP contribution in [0.4, 0.5) is 0 Å². The van der Waals surface area contributed by atoms with Crippen LogP contribution in [0.15, 0.2) is 24.3 Å². The summed E-state index contributed by atoms with van der Waals surface area (Å²) in [6.45, 7) is 8.14. The molecular formula is C18H29ClN2O. The average Bonchev–Trinajstić information content (AvgIpc) is 2.93. The standard InChI is InChI=1S/C18H28N2O.ClH/c1-18(2,3)15-10-8-14(9-11-15)16-6-5-13-20(16)17(21)7-4-12-19;/h8-11,16H,4-7,12-13,19H2,1-3H3;1H. The summed E-state index contributed by atoms with van der Waals surface area (Å²) in [7, 11) is 0. The molecule has 1 heterocycles. The third-order valence-electron chi connectivity index (χ3n) is 4.33. The Labute approximate surface area is 140 Å². The van der Waals surface area contributed by atoms with Gasteiger partial charge in [0.25, 0.3) is 0 Å². The van der Waals surface area contributed by atoms with Crippen molar-refractivity contribution in [1.29, 1.82) is 0 Å². The van der Waals surface area contributed by atoms with E-state index in [0.717, 1.165) is 25.8 Å². The second-order valence-electron chi connectivity index (χ2n) is 7.01. The van der Waals surface area contributed by atoms with Crippen molar-refractivity contribution in [2.24, 2.45) is 5.73 Å². The van der Waals surface area contributed by atoms with Crippen LogP contribution >= 0.6 is 12.4 Å². The van der Waals surface area contributed by atoms with E-state index in [2.05, 4.69) is 45.0 Å². The number of halogens is 1. The van der Waals surface area contributed by atoms with Gasteiger partial charge in [-0.15, -0.1) is 12.4 Å². The molecule has 0 bridgehead atoms. The first-order chi connectivity index (χ1) is 9.93. The monoisotopic (exact) mass is 324 g/mol. The Bertz CT molecular complexity index is 479. The molecule has 1 unspecified atom stereocenters. The van der Waals surface area contributed by atoms with Gasteiger partial charge in [-0.25, -0.2) is 0 Å². The summed E-state index contributed by atoms with van der Waals surface area (Å²) in [4.78, 5) is 14.3. The Morgan fingerprint density at radius 3 is 2.45 bits per heavy atom. The van der Waals surface area contributed by atoms with Crippen molar-refractivity contribution >= 4 is 18.3 Å². The maximum Gasteiger partial charge on any atom is 0.223 e. The SMILES string of the molecule is CC(C)(C)c1ccc(C2CCCN2C(=O)CCCN)cc1.Cl. The Balaban J connectivity index is 0.00000242. The van der Waals surface area contributed by atoms with E-state index in [1.165, 1.54) is 11.1 Å². The number of carbonyl (C=O) groups excluding carboxylic acids is 1. The smallest absolute Gasteiger partial charge is 0.223 e. The zero-order valence-electron chi connectivity index (χ0n) is 14.0. The van der Waals surface area contributed by atoms with Gasteiger partial charge >= 0.3 is 0 Å². The number of hydrogen-bond acceptors (Lipinski definition) is 2. The number of carbonyl (C=O) groups is 1. The van der Waals surface area contributed by atoms with Gasteiger partial charge in [-0.3, -0.25) is 4.79 Å². The minimum Gasteiger partial charge on any atom is -0.336 e. The van der Waals surface area contributed by atoms with E-state index in [-0.39, 0.29) is 29.8 Å². The van der Waals surface area contributed by atoms with Crippen molar-refractivity contribution in [1.82, 2.24) is 4.90 Å². The fraction of sp³-hybridized carbons (Fsp3) is 0.611. The summed E-state index contributed by atoms with van der Waals surface area (Å²) in [5, 5.41) is 0. The van der Waals surface area contributed by atoms with E-state index in [1.54, 1.807) is 0 Å². The molecule has 1 aromatic rings. The Kier molecular flexibility index (Phi) is 6.89. The Morgan fingerprint density at radius 1 is 1.27 bits per heavy atom. The van der Waals surface area contributed by atoms with Gasteiger partial charge in [0.2, 0.25) is 5.91 Å². The topological polar surface area (TPSA) is 46.3 Å². The molecule has 3 nitrogen and oxygen atoms in total. The van der Waals surface area contributed by atoms with Crippen LogP contribution in [0.1, 0.15) is 63.6 Å². The molecule has 1 saturated heterocycles. The molecular weight excluding hydrogens is 296 g/mol. The molecule has 1 fully saturated rings. The summed E-state index contributed by atoms with van der Waals surface area (Å²) in [6, 6.07) is 9.05. The minimum atomic E-state index is 0. The van der Waals surface area contributed by atoms with Gasteiger partial charge in [0.15, 0.2) is 0 Å². The number of benzene rings is 1. The number of nitrogens with two attached hydrogens (primary N) is 1. The van der Waals surface area contributed by atoms with Crippen LogP contribution in [-0.4, -0.2) is 23.9 Å². The normalized spacial score (nSPS) is 18.2. The van der Waals surface area contributed by atoms with Crippen LogP contribution < -0.4 is 5.73 Å². The summed E-state index contributed by atoms with van der Waals surface area (Å²) in [5.74, 6) is 0.253. The molecule has 1 aliphatic heterocycles. The van der Waals surface area contributed by atoms with Crippen molar-refractivity contribution in [3.05, 3.63) is 35.4 Å². The second-order valence-corrected chi connectivity index (χ2v) is 7.01. The van der Waals surface area contributed by atoms with Gasteiger partial charge < -0.3 is 10.6 Å². The first-order valence-corrected chi connectivity index (χ1v) is 8.03. The average molecular weight is 325 g/mol. The van der Waals surface area contributed by atoms with Crippen LogP contribution in [0.25, 0.3) is 0 Å². The molecule has 0 aliphatic carbocycles. The molecule has 0 radical (unpaired) electrons. The molecule has 0 spiro atoms. The minimum absolute atomic E-state index is 0. The fourth-order valence-electron chi connectivity index (χ4n) is 3.01. The molecule has 2 N–H and O–H groups in total. The lowest BCUT2D eigenvalue weighted by molar-refractivity contribution is -0.132. The second kappa shape index (κ2) is 7.98. The maximum atomic E-state index is 12.3. The van der Waals surface area contributed by atoms with Crippen molar-refractivity contribution in [3.63, 3.8) is 0 Å². The van der Waals surface area contributed by atoms with Crippen molar-refractivity contribution in [3.8, 4) is 0 Å². The molecule has 4 heteroatoms. The number of rotatable bonds is 4. The predicted molar refractivity (Wildman–Crippen MR) is 94.4 cm³/mol. The van der Waals surface area contributed by atoms with Crippen LogP contribution in [-0.2, 0) is 10.2 Å². The molecule has 2 rings (SSSR count). The molecule has 1 aliphatic rings. The van der Waals surface area contributed by atoms with Gasteiger partial charge in [-0.1, -0.05) is 45.0 Å². The third kappa shape index (κ3) is 4.47. The van der Waals surface area contributed by atoms with Crippen LogP contribution in [0, 0.1) is 0 Å². The molecule has 1 aromatic carbocycles. The largest absolute Gasteiger partial charge is 0.336 e. The van der Waals surface area contributed by atoms with Gasteiger partial charge in [-0.2, -0.15) is 0 Å². The highest BCUT2D eigenvalue weighted by atomic mass is 35.5. The number of likely N-dealkylation sites (tertiary alicyclic amines) is 1. The molecule has 22 heavy (non-hydrogen) atoms. The number of nitrogens with zero attached hydrogens (tertiary/aromatic N) is 1. The number of hydrogen-bond donors (Lipinski definition) is 1. The Hall–Kier alpha value is -1.06. The highest BCUT2D eigenvalue weighted by Gasteiger charge is 2.29. The Morgan fingerprint density at radius 2 is 1.91 bits per heavy atom. The molecule has 0 saturated carbocycles. The van der Waals surface area contributed by atoms with E-state index in [4.69, 9.17) is 5.73 Å². The van der Waals surface area contributed by atoms with Gasteiger partial charge in [0.05, 0.1) is 6.04 Å². The van der Waals surface area contributed by atoms with Crippen LogP contribution in [0.3, 0.4) is 0 Å². The zero-order chi connectivity index (χ0) is 15.5. The van der Waals surface area contributed by atoms with Crippen molar-refractivity contribution in [2.75, 3.05) is 13.1 Å². The van der Waals surface area contributed by atoms with Crippen molar-refractivity contribution in [2.45, 2.75) is 57.9 Å². The van der Waals surface area contributed by atoms with Gasteiger partial charge in [-0.05, 0) is 42.3 Å². The molecule has 0 aromatic heterocycles. The zero-order valence-corrected chi connectivity index (χ0v) is 14.8. The van der Waals surface area contributed by atoms with Crippen LogP contribution in [0.5, 0.6) is 0 Å². The summed E-state index contributed by atoms with van der Waals surface area (Å²) < 4.78 is 0. The van der Waals surface area contributed by atoms with Crippen LogP contribution in [0.2, 0.25) is 0 Å². The first kappa shape index (κ1) is 19.0. The lowest BCUT2D eigenvalue weighted by Gasteiger charge is -2.26. The van der Waals surface area contributed by atoms with E-state index in [1.807, 2.05) is 4.90 Å². The lowest BCUT2D eigenvalue weighted by atomic mass is 9.86. The highest BCUT2D eigenvalue weighted by molar-refractivity contribution is 5.85. The quantitative estimate of drug-likeness (QED) is 0.915. The summed E-state index contributed by atoms with van der Waals surface area (Å²) >= 11 is 0. The summed E-state index contributed by atoms with van der Waals surface area (Å²) in [5.41, 5.74) is 8.28. The van der Waals surface area contributed by atoms with E-state index >= 15 is 0 Å². The van der Waals surface area contributed by atoms with Gasteiger partial charge in [0, 0.05) is 13.0 Å². The third-order valence-corrected chi connectivity index (χ3v) is 4.33. The van der Waals surface area contributed by atoms with Crippen molar-refractivity contribution < 1.29 is 4.79 Å². The maximum absolute atomic E-state index is 12.3. The van der Waals surface area contributed by atoms with E-state index < -0.39 is 0 Å². The first-order valence-electron chi connectivity index (χ1n) is 8.03. The van der Waals surface area contributed by atoms with E-state index in [0.29, 0.717) is 13.0 Å². The van der Waals surface area contributed by atoms with E-state index in [9.17, 15) is 4.79 Å². The lowest BCUT2D eigenvalue weighted by Crippen LogP contribution is -2.30. The molecule has 124 valence electrons.